The van der Waals surface area contributed by atoms with Crippen LogP contribution in [-0.4, -0.2) is 45.7 Å². The third-order valence-electron chi connectivity index (χ3n) is 4.47. The Labute approximate surface area is 148 Å². The molecule has 26 heavy (non-hydrogen) atoms. The number of non-ortho nitro benzene ring substituents is 1. The minimum atomic E-state index is -0.433. The molecule has 2 aromatic carbocycles. The number of hydrogen-bond acceptors (Lipinski definition) is 5. The predicted octanol–water partition coefficient (Wildman–Crippen LogP) is 2.91. The maximum absolute atomic E-state index is 13.3. The van der Waals surface area contributed by atoms with Crippen LogP contribution < -0.4 is 0 Å². The van der Waals surface area contributed by atoms with Crippen molar-refractivity contribution in [3.8, 4) is 5.69 Å². The lowest BCUT2D eigenvalue weighted by Gasteiger charge is -2.26. The van der Waals surface area contributed by atoms with Gasteiger partial charge in [-0.2, -0.15) is 0 Å². The fourth-order valence-corrected chi connectivity index (χ4v) is 3.18. The maximum Gasteiger partial charge on any atom is 0.271 e. The summed E-state index contributed by atoms with van der Waals surface area (Å²) in [6, 6.07) is 10.8. The first-order valence-electron chi connectivity index (χ1n) is 8.33. The number of nitro benzene ring substituents is 1. The van der Waals surface area contributed by atoms with Gasteiger partial charge in [-0.05, 0) is 30.3 Å². The number of rotatable bonds is 4. The summed E-state index contributed by atoms with van der Waals surface area (Å²) in [7, 11) is 0. The van der Waals surface area contributed by atoms with Crippen LogP contribution in [0.5, 0.6) is 0 Å². The Balaban J connectivity index is 1.82. The number of fused-ring (bicyclic) bond motifs is 1. The second-order valence-corrected chi connectivity index (χ2v) is 6.16. The Morgan fingerprint density at radius 3 is 2.58 bits per heavy atom. The molecule has 1 saturated heterocycles. The number of morpholine rings is 1. The minimum Gasteiger partial charge on any atom is -0.379 e. The van der Waals surface area contributed by atoms with E-state index in [1.807, 2.05) is 4.57 Å². The van der Waals surface area contributed by atoms with Gasteiger partial charge in [0.1, 0.15) is 11.6 Å². The van der Waals surface area contributed by atoms with Crippen LogP contribution in [0.4, 0.5) is 10.1 Å². The van der Waals surface area contributed by atoms with Crippen LogP contribution in [0.1, 0.15) is 5.82 Å². The molecule has 134 valence electrons. The van der Waals surface area contributed by atoms with Gasteiger partial charge in [0.25, 0.3) is 5.69 Å². The molecule has 0 unspecified atom stereocenters. The topological polar surface area (TPSA) is 73.4 Å². The normalized spacial score (nSPS) is 15.4. The molecule has 0 aliphatic carbocycles. The van der Waals surface area contributed by atoms with E-state index in [0.29, 0.717) is 25.3 Å². The van der Waals surface area contributed by atoms with Crippen LogP contribution in [-0.2, 0) is 11.3 Å². The van der Waals surface area contributed by atoms with Crippen LogP contribution >= 0.6 is 0 Å². The number of ether oxygens (including phenoxy) is 1. The Morgan fingerprint density at radius 2 is 1.88 bits per heavy atom. The summed E-state index contributed by atoms with van der Waals surface area (Å²) in [5.41, 5.74) is 2.07. The van der Waals surface area contributed by atoms with Gasteiger partial charge in [0.2, 0.25) is 0 Å². The van der Waals surface area contributed by atoms with Gasteiger partial charge in [0.15, 0.2) is 0 Å². The molecule has 0 atom stereocenters. The zero-order chi connectivity index (χ0) is 18.1. The van der Waals surface area contributed by atoms with Crippen molar-refractivity contribution < 1.29 is 14.1 Å². The molecule has 0 amide bonds. The Hall–Kier alpha value is -2.84. The van der Waals surface area contributed by atoms with Crippen LogP contribution in [0.2, 0.25) is 0 Å². The monoisotopic (exact) mass is 356 g/mol. The van der Waals surface area contributed by atoms with Crippen LogP contribution in [0.25, 0.3) is 16.7 Å². The molecular weight excluding hydrogens is 339 g/mol. The Morgan fingerprint density at radius 1 is 1.15 bits per heavy atom. The van der Waals surface area contributed by atoms with Crippen LogP contribution in [0.15, 0.2) is 42.5 Å². The molecule has 8 heteroatoms. The highest BCUT2D eigenvalue weighted by atomic mass is 19.1. The molecule has 1 aromatic heterocycles. The third-order valence-corrected chi connectivity index (χ3v) is 4.47. The molecule has 2 heterocycles. The summed E-state index contributed by atoms with van der Waals surface area (Å²) in [4.78, 5) is 17.5. The van der Waals surface area contributed by atoms with Crippen molar-refractivity contribution >= 4 is 16.7 Å². The second kappa shape index (κ2) is 6.81. The van der Waals surface area contributed by atoms with Gasteiger partial charge in [-0.3, -0.25) is 19.6 Å². The molecule has 4 rings (SSSR count). The maximum atomic E-state index is 13.3. The lowest BCUT2D eigenvalue weighted by molar-refractivity contribution is -0.384. The van der Waals surface area contributed by atoms with E-state index in [-0.39, 0.29) is 11.5 Å². The van der Waals surface area contributed by atoms with E-state index in [1.54, 1.807) is 18.2 Å². The molecule has 0 N–H and O–H groups in total. The average molecular weight is 356 g/mol. The number of benzene rings is 2. The van der Waals surface area contributed by atoms with E-state index in [0.717, 1.165) is 30.1 Å². The van der Waals surface area contributed by atoms with Crippen LogP contribution in [0, 0.1) is 15.9 Å². The van der Waals surface area contributed by atoms with E-state index < -0.39 is 4.92 Å². The van der Waals surface area contributed by atoms with Gasteiger partial charge in [-0.1, -0.05) is 0 Å². The fourth-order valence-electron chi connectivity index (χ4n) is 3.18. The Bertz CT molecular complexity index is 949. The van der Waals surface area contributed by atoms with Gasteiger partial charge in [-0.15, -0.1) is 0 Å². The summed E-state index contributed by atoms with van der Waals surface area (Å²) in [5.74, 6) is 0.442. The van der Waals surface area contributed by atoms with Gasteiger partial charge >= 0.3 is 0 Å². The highest BCUT2D eigenvalue weighted by Gasteiger charge is 2.19. The zero-order valence-electron chi connectivity index (χ0n) is 14.0. The molecule has 1 aliphatic heterocycles. The molecule has 0 radical (unpaired) electrons. The van der Waals surface area contributed by atoms with Gasteiger partial charge < -0.3 is 4.74 Å². The van der Waals surface area contributed by atoms with E-state index in [9.17, 15) is 14.5 Å². The number of nitro groups is 1. The summed E-state index contributed by atoms with van der Waals surface area (Å²) in [6.07, 6.45) is 0. The predicted molar refractivity (Wildman–Crippen MR) is 93.8 cm³/mol. The smallest absolute Gasteiger partial charge is 0.271 e. The molecule has 0 bridgehead atoms. The molecule has 1 fully saturated rings. The average Bonchev–Trinajstić information content (AvgIpc) is 3.00. The first kappa shape index (κ1) is 16.6. The SMILES string of the molecule is O=[N+]([O-])c1ccc2c(c1)nc(CN1CCOCC1)n2-c1ccc(F)cc1. The lowest BCUT2D eigenvalue weighted by Crippen LogP contribution is -2.36. The quantitative estimate of drug-likeness (QED) is 0.531. The van der Waals surface area contributed by atoms with E-state index in [2.05, 4.69) is 9.88 Å². The van der Waals surface area contributed by atoms with Gasteiger partial charge in [0.05, 0.1) is 35.7 Å². The van der Waals surface area contributed by atoms with Gasteiger partial charge in [0, 0.05) is 30.9 Å². The number of nitrogens with zero attached hydrogens (tertiary/aromatic N) is 4. The van der Waals surface area contributed by atoms with Crippen molar-refractivity contribution in [3.63, 3.8) is 0 Å². The summed E-state index contributed by atoms with van der Waals surface area (Å²) < 4.78 is 20.6. The largest absolute Gasteiger partial charge is 0.379 e. The Kier molecular flexibility index (Phi) is 4.36. The zero-order valence-corrected chi connectivity index (χ0v) is 14.0. The van der Waals surface area contributed by atoms with Crippen molar-refractivity contribution in [2.75, 3.05) is 26.3 Å². The summed E-state index contributed by atoms with van der Waals surface area (Å²) >= 11 is 0. The van der Waals surface area contributed by atoms with Crippen molar-refractivity contribution in [2.45, 2.75) is 6.54 Å². The van der Waals surface area contributed by atoms with Crippen molar-refractivity contribution in [1.82, 2.24) is 14.5 Å². The summed E-state index contributed by atoms with van der Waals surface area (Å²) in [5, 5.41) is 11.1. The molecule has 1 aliphatic rings. The number of aromatic nitrogens is 2. The fraction of sp³-hybridized carbons (Fsp3) is 0.278. The van der Waals surface area contributed by atoms with Crippen molar-refractivity contribution in [2.24, 2.45) is 0 Å². The molecule has 7 nitrogen and oxygen atoms in total. The van der Waals surface area contributed by atoms with E-state index >= 15 is 0 Å². The highest BCUT2D eigenvalue weighted by Crippen LogP contribution is 2.26. The van der Waals surface area contributed by atoms with E-state index in [1.165, 1.54) is 24.3 Å². The molecule has 0 spiro atoms. The summed E-state index contributed by atoms with van der Waals surface area (Å²) in [6.45, 7) is 3.52. The molecular formula is C18H17FN4O3. The third kappa shape index (κ3) is 3.16. The van der Waals surface area contributed by atoms with Crippen LogP contribution in [0.3, 0.4) is 0 Å². The van der Waals surface area contributed by atoms with Gasteiger partial charge in [-0.25, -0.2) is 9.37 Å². The first-order chi connectivity index (χ1) is 12.6. The number of imidazole rings is 1. The highest BCUT2D eigenvalue weighted by molar-refractivity contribution is 5.80. The first-order valence-corrected chi connectivity index (χ1v) is 8.33. The minimum absolute atomic E-state index is 0.000761. The van der Waals surface area contributed by atoms with Crippen molar-refractivity contribution in [1.29, 1.82) is 0 Å². The second-order valence-electron chi connectivity index (χ2n) is 6.16. The standard InChI is InChI=1S/C18H17FN4O3/c19-13-1-3-14(4-2-13)22-17-6-5-15(23(24)25)11-16(17)20-18(22)12-21-7-9-26-10-8-21/h1-6,11H,7-10,12H2. The molecule has 0 saturated carbocycles. The molecule has 3 aromatic rings. The van der Waals surface area contributed by atoms with E-state index in [4.69, 9.17) is 4.74 Å². The van der Waals surface area contributed by atoms with Crippen molar-refractivity contribution in [3.05, 3.63) is 64.2 Å². The number of halogens is 1. The lowest BCUT2D eigenvalue weighted by atomic mass is 10.2. The number of hydrogen-bond donors (Lipinski definition) is 0.